The molecule has 0 aromatic carbocycles. The Hall–Kier alpha value is -1.62. The number of nitrogens with zero attached hydrogens (tertiary/aromatic N) is 1. The number of ether oxygens (including phenoxy) is 1. The van der Waals surface area contributed by atoms with Crippen molar-refractivity contribution >= 4 is 11.8 Å². The van der Waals surface area contributed by atoms with Crippen molar-refractivity contribution in [3.8, 4) is 0 Å². The number of hydrogen-bond donors (Lipinski definition) is 2. The second kappa shape index (κ2) is 5.82. The summed E-state index contributed by atoms with van der Waals surface area (Å²) >= 11 is 0. The zero-order valence-electron chi connectivity index (χ0n) is 10.4. The number of aromatic nitrogens is 1. The van der Waals surface area contributed by atoms with Crippen molar-refractivity contribution in [2.75, 3.05) is 11.9 Å². The normalized spacial score (nSPS) is 22.9. The molecule has 1 aliphatic rings. The molecule has 0 amide bonds. The molecule has 2 atom stereocenters. The third-order valence-electron chi connectivity index (χ3n) is 3.13. The van der Waals surface area contributed by atoms with E-state index in [0.29, 0.717) is 12.4 Å². The molecule has 18 heavy (non-hydrogen) atoms. The quantitative estimate of drug-likeness (QED) is 0.837. The van der Waals surface area contributed by atoms with Crippen LogP contribution in [0.4, 0.5) is 5.82 Å². The standard InChI is InChI=1S/C13H18N2O3/c1-2-18-11-7-3-5-9(11)14-12-8-4-6-10(15-12)13(16)17/h4,6,8-9,11H,2-3,5,7H2,1H3,(H,14,15)(H,16,17)/t9-,11-/m1/s1. The molecule has 1 aromatic rings. The molecular formula is C13H18N2O3. The SMILES string of the molecule is CCO[C@@H]1CCC[C@H]1Nc1cccc(C(=O)O)n1. The van der Waals surface area contributed by atoms with Gasteiger partial charge in [0.1, 0.15) is 5.82 Å². The zero-order chi connectivity index (χ0) is 13.0. The number of carboxylic acids is 1. The van der Waals surface area contributed by atoms with Crippen LogP contribution >= 0.6 is 0 Å². The molecule has 0 bridgehead atoms. The molecule has 1 heterocycles. The Balaban J connectivity index is 2.04. The van der Waals surface area contributed by atoms with Gasteiger partial charge in [-0.15, -0.1) is 0 Å². The lowest BCUT2D eigenvalue weighted by Gasteiger charge is -2.21. The summed E-state index contributed by atoms with van der Waals surface area (Å²) in [6, 6.07) is 5.20. The third kappa shape index (κ3) is 2.98. The van der Waals surface area contributed by atoms with Gasteiger partial charge in [-0.05, 0) is 38.3 Å². The summed E-state index contributed by atoms with van der Waals surface area (Å²) in [5.41, 5.74) is 0.0611. The molecule has 5 nitrogen and oxygen atoms in total. The van der Waals surface area contributed by atoms with Crippen LogP contribution in [-0.4, -0.2) is 34.8 Å². The van der Waals surface area contributed by atoms with Crippen molar-refractivity contribution in [3.63, 3.8) is 0 Å². The van der Waals surface area contributed by atoms with Crippen molar-refractivity contribution in [1.82, 2.24) is 4.98 Å². The Morgan fingerprint density at radius 3 is 3.11 bits per heavy atom. The highest BCUT2D eigenvalue weighted by Crippen LogP contribution is 2.25. The first-order valence-corrected chi connectivity index (χ1v) is 6.29. The average molecular weight is 250 g/mol. The summed E-state index contributed by atoms with van der Waals surface area (Å²) in [5, 5.41) is 12.2. The summed E-state index contributed by atoms with van der Waals surface area (Å²) in [6.07, 6.45) is 3.40. The fourth-order valence-corrected chi connectivity index (χ4v) is 2.33. The molecule has 2 rings (SSSR count). The molecule has 5 heteroatoms. The van der Waals surface area contributed by atoms with Crippen LogP contribution < -0.4 is 5.32 Å². The Morgan fingerprint density at radius 1 is 1.56 bits per heavy atom. The number of rotatable bonds is 5. The number of carboxylic acid groups (broad SMARTS) is 1. The highest BCUT2D eigenvalue weighted by molar-refractivity contribution is 5.85. The fraction of sp³-hybridized carbons (Fsp3) is 0.538. The van der Waals surface area contributed by atoms with Crippen LogP contribution in [0.15, 0.2) is 18.2 Å². The summed E-state index contributed by atoms with van der Waals surface area (Å²) in [5.74, 6) is -0.405. The summed E-state index contributed by atoms with van der Waals surface area (Å²) in [6.45, 7) is 2.68. The van der Waals surface area contributed by atoms with Crippen molar-refractivity contribution in [3.05, 3.63) is 23.9 Å². The van der Waals surface area contributed by atoms with Gasteiger partial charge >= 0.3 is 5.97 Å². The highest BCUT2D eigenvalue weighted by atomic mass is 16.5. The van der Waals surface area contributed by atoms with E-state index in [1.54, 1.807) is 12.1 Å². The van der Waals surface area contributed by atoms with E-state index >= 15 is 0 Å². The number of aromatic carboxylic acids is 1. The van der Waals surface area contributed by atoms with Gasteiger partial charge in [0, 0.05) is 6.61 Å². The lowest BCUT2D eigenvalue weighted by Crippen LogP contribution is -2.31. The molecule has 98 valence electrons. The van der Waals surface area contributed by atoms with Crippen LogP contribution in [0.5, 0.6) is 0 Å². The Bertz CT molecular complexity index is 422. The van der Waals surface area contributed by atoms with Crippen LogP contribution in [0.25, 0.3) is 0 Å². The molecule has 0 radical (unpaired) electrons. The van der Waals surface area contributed by atoms with Gasteiger partial charge < -0.3 is 15.2 Å². The summed E-state index contributed by atoms with van der Waals surface area (Å²) < 4.78 is 5.66. The van der Waals surface area contributed by atoms with Crippen molar-refractivity contribution < 1.29 is 14.6 Å². The zero-order valence-corrected chi connectivity index (χ0v) is 10.4. The number of nitrogens with one attached hydrogen (secondary N) is 1. The first-order valence-electron chi connectivity index (χ1n) is 6.29. The first kappa shape index (κ1) is 12.8. The van der Waals surface area contributed by atoms with Gasteiger partial charge in [0.15, 0.2) is 5.69 Å². The Morgan fingerprint density at radius 2 is 2.39 bits per heavy atom. The topological polar surface area (TPSA) is 71.5 Å². The van der Waals surface area contributed by atoms with E-state index in [1.165, 1.54) is 6.07 Å². The predicted octanol–water partition coefficient (Wildman–Crippen LogP) is 2.15. The number of anilines is 1. The van der Waals surface area contributed by atoms with E-state index in [0.717, 1.165) is 19.3 Å². The molecule has 1 fully saturated rings. The van der Waals surface area contributed by atoms with Crippen LogP contribution in [0.2, 0.25) is 0 Å². The summed E-state index contributed by atoms with van der Waals surface area (Å²) in [4.78, 5) is 14.9. The van der Waals surface area contributed by atoms with Crippen molar-refractivity contribution in [2.45, 2.75) is 38.3 Å². The number of carbonyl (C=O) groups is 1. The van der Waals surface area contributed by atoms with Gasteiger partial charge in [0.05, 0.1) is 12.1 Å². The molecule has 0 saturated heterocycles. The molecule has 1 saturated carbocycles. The van der Waals surface area contributed by atoms with Gasteiger partial charge in [0.25, 0.3) is 0 Å². The minimum atomic E-state index is -1.01. The Kier molecular flexibility index (Phi) is 4.15. The maximum Gasteiger partial charge on any atom is 0.354 e. The van der Waals surface area contributed by atoms with E-state index < -0.39 is 5.97 Å². The predicted molar refractivity (Wildman–Crippen MR) is 67.9 cm³/mol. The minimum Gasteiger partial charge on any atom is -0.477 e. The second-order valence-corrected chi connectivity index (χ2v) is 4.39. The number of pyridine rings is 1. The molecule has 0 aliphatic heterocycles. The van der Waals surface area contributed by atoms with Gasteiger partial charge in [-0.25, -0.2) is 9.78 Å². The molecule has 1 aliphatic carbocycles. The third-order valence-corrected chi connectivity index (χ3v) is 3.13. The van der Waals surface area contributed by atoms with Crippen LogP contribution in [0.3, 0.4) is 0 Å². The van der Waals surface area contributed by atoms with Crippen LogP contribution in [0, 0.1) is 0 Å². The van der Waals surface area contributed by atoms with Gasteiger partial charge in [-0.2, -0.15) is 0 Å². The second-order valence-electron chi connectivity index (χ2n) is 4.39. The highest BCUT2D eigenvalue weighted by Gasteiger charge is 2.27. The number of hydrogen-bond acceptors (Lipinski definition) is 4. The van der Waals surface area contributed by atoms with E-state index in [-0.39, 0.29) is 17.8 Å². The maximum atomic E-state index is 10.8. The maximum absolute atomic E-state index is 10.8. The van der Waals surface area contributed by atoms with Gasteiger partial charge in [0.2, 0.25) is 0 Å². The minimum absolute atomic E-state index is 0.0611. The monoisotopic (exact) mass is 250 g/mol. The van der Waals surface area contributed by atoms with E-state index in [2.05, 4.69) is 10.3 Å². The molecule has 2 N–H and O–H groups in total. The van der Waals surface area contributed by atoms with Crippen LogP contribution in [0.1, 0.15) is 36.7 Å². The Labute approximate surface area is 106 Å². The van der Waals surface area contributed by atoms with Crippen molar-refractivity contribution in [2.24, 2.45) is 0 Å². The van der Waals surface area contributed by atoms with Gasteiger partial charge in [-0.3, -0.25) is 0 Å². The van der Waals surface area contributed by atoms with E-state index in [4.69, 9.17) is 9.84 Å². The van der Waals surface area contributed by atoms with Gasteiger partial charge in [-0.1, -0.05) is 6.07 Å². The molecule has 1 aromatic heterocycles. The molecule has 0 unspecified atom stereocenters. The smallest absolute Gasteiger partial charge is 0.354 e. The molecule has 0 spiro atoms. The fourth-order valence-electron chi connectivity index (χ4n) is 2.33. The summed E-state index contributed by atoms with van der Waals surface area (Å²) in [7, 11) is 0. The average Bonchev–Trinajstić information content (AvgIpc) is 2.77. The first-order chi connectivity index (χ1) is 8.70. The lowest BCUT2D eigenvalue weighted by molar-refractivity contribution is 0.0616. The van der Waals surface area contributed by atoms with Crippen molar-refractivity contribution in [1.29, 1.82) is 0 Å². The van der Waals surface area contributed by atoms with Crippen LogP contribution in [-0.2, 0) is 4.74 Å². The van der Waals surface area contributed by atoms with E-state index in [1.807, 2.05) is 6.92 Å². The van der Waals surface area contributed by atoms with E-state index in [9.17, 15) is 4.79 Å². The lowest BCUT2D eigenvalue weighted by atomic mass is 10.2. The largest absolute Gasteiger partial charge is 0.477 e. The molecular weight excluding hydrogens is 232 g/mol.